The first-order chi connectivity index (χ1) is 8.71. The van der Waals surface area contributed by atoms with Gasteiger partial charge >= 0.3 is 0 Å². The predicted molar refractivity (Wildman–Crippen MR) is 74.6 cm³/mol. The minimum absolute atomic E-state index is 0.191. The second-order valence-electron chi connectivity index (χ2n) is 5.37. The summed E-state index contributed by atoms with van der Waals surface area (Å²) in [5.74, 6) is 0.191. The van der Waals surface area contributed by atoms with Crippen molar-refractivity contribution in [3.63, 3.8) is 0 Å². The molecule has 98 valence electrons. The average Bonchev–Trinajstić information content (AvgIpc) is 2.47. The zero-order valence-electron chi connectivity index (χ0n) is 11.5. The van der Waals surface area contributed by atoms with Crippen LogP contribution in [0.15, 0.2) is 30.3 Å². The van der Waals surface area contributed by atoms with Gasteiger partial charge in [0, 0.05) is 18.7 Å². The largest absolute Gasteiger partial charge is 0.339 e. The number of piperidine rings is 1. The molecule has 0 bridgehead atoms. The first kappa shape index (κ1) is 13.1. The number of carbonyl (C=O) groups is 1. The fourth-order valence-corrected chi connectivity index (χ4v) is 2.90. The maximum Gasteiger partial charge on any atom is 0.253 e. The monoisotopic (exact) mass is 245 g/mol. The van der Waals surface area contributed by atoms with Crippen molar-refractivity contribution >= 4 is 5.91 Å². The van der Waals surface area contributed by atoms with E-state index < -0.39 is 0 Å². The lowest BCUT2D eigenvalue weighted by molar-refractivity contribution is 0.0558. The number of carbonyl (C=O) groups excluding carboxylic acids is 1. The quantitative estimate of drug-likeness (QED) is 0.794. The highest BCUT2D eigenvalue weighted by Gasteiger charge is 2.32. The highest BCUT2D eigenvalue weighted by molar-refractivity contribution is 5.94. The number of hydrogen-bond donors (Lipinski definition) is 0. The molecule has 1 aromatic carbocycles. The molecule has 1 fully saturated rings. The van der Waals surface area contributed by atoms with Gasteiger partial charge in [-0.15, -0.1) is 0 Å². The van der Waals surface area contributed by atoms with Gasteiger partial charge in [0.25, 0.3) is 5.91 Å². The number of amides is 1. The molecule has 1 amide bonds. The van der Waals surface area contributed by atoms with Gasteiger partial charge in [0.05, 0.1) is 0 Å². The van der Waals surface area contributed by atoms with Gasteiger partial charge in [-0.3, -0.25) is 4.79 Å². The summed E-state index contributed by atoms with van der Waals surface area (Å²) >= 11 is 0. The third-order valence-corrected chi connectivity index (χ3v) is 4.63. The summed E-state index contributed by atoms with van der Waals surface area (Å²) < 4.78 is 0. The van der Waals surface area contributed by atoms with Crippen LogP contribution >= 0.6 is 0 Å². The molecule has 1 heterocycles. The number of nitrogens with zero attached hydrogens (tertiary/aromatic N) is 1. The van der Waals surface area contributed by atoms with Gasteiger partial charge < -0.3 is 4.90 Å². The van der Waals surface area contributed by atoms with Crippen molar-refractivity contribution < 1.29 is 4.79 Å². The Morgan fingerprint density at radius 3 is 2.17 bits per heavy atom. The van der Waals surface area contributed by atoms with Crippen LogP contribution in [-0.2, 0) is 0 Å². The first-order valence-electron chi connectivity index (χ1n) is 7.05. The van der Waals surface area contributed by atoms with Crippen LogP contribution in [0.5, 0.6) is 0 Å². The molecule has 2 nitrogen and oxygen atoms in total. The number of benzene rings is 1. The van der Waals surface area contributed by atoms with Crippen molar-refractivity contribution in [2.75, 3.05) is 13.1 Å². The van der Waals surface area contributed by atoms with Crippen molar-refractivity contribution in [1.82, 2.24) is 4.90 Å². The molecule has 0 radical (unpaired) electrons. The SMILES string of the molecule is CCC1(CC)CCN(C(=O)c2ccccc2)CC1. The molecule has 0 aromatic heterocycles. The van der Waals surface area contributed by atoms with Crippen LogP contribution in [0.4, 0.5) is 0 Å². The molecule has 0 atom stereocenters. The maximum atomic E-state index is 12.3. The second-order valence-corrected chi connectivity index (χ2v) is 5.37. The molecule has 1 aliphatic rings. The lowest BCUT2D eigenvalue weighted by Gasteiger charge is -2.41. The Hall–Kier alpha value is -1.31. The Morgan fingerprint density at radius 2 is 1.67 bits per heavy atom. The fraction of sp³-hybridized carbons (Fsp3) is 0.562. The summed E-state index contributed by atoms with van der Waals surface area (Å²) in [7, 11) is 0. The average molecular weight is 245 g/mol. The smallest absolute Gasteiger partial charge is 0.253 e. The molecule has 0 N–H and O–H groups in total. The minimum Gasteiger partial charge on any atom is -0.339 e. The van der Waals surface area contributed by atoms with E-state index in [1.54, 1.807) is 0 Å². The molecule has 0 unspecified atom stereocenters. The van der Waals surface area contributed by atoms with Crippen molar-refractivity contribution in [2.24, 2.45) is 5.41 Å². The number of likely N-dealkylation sites (tertiary alicyclic amines) is 1. The summed E-state index contributed by atoms with van der Waals surface area (Å²) in [6.45, 7) is 6.38. The third kappa shape index (κ3) is 2.58. The van der Waals surface area contributed by atoms with E-state index >= 15 is 0 Å². The van der Waals surface area contributed by atoms with Crippen LogP contribution < -0.4 is 0 Å². The zero-order valence-corrected chi connectivity index (χ0v) is 11.5. The van der Waals surface area contributed by atoms with Gasteiger partial charge in [0.2, 0.25) is 0 Å². The molecule has 1 aromatic rings. The summed E-state index contributed by atoms with van der Waals surface area (Å²) in [4.78, 5) is 14.3. The molecular formula is C16H23NO. The van der Waals surface area contributed by atoms with Gasteiger partial charge in [-0.2, -0.15) is 0 Å². The van der Waals surface area contributed by atoms with E-state index in [9.17, 15) is 4.79 Å². The lowest BCUT2D eigenvalue weighted by Crippen LogP contribution is -2.42. The van der Waals surface area contributed by atoms with E-state index in [-0.39, 0.29) is 5.91 Å². The summed E-state index contributed by atoms with van der Waals surface area (Å²) in [6, 6.07) is 9.62. The van der Waals surface area contributed by atoms with E-state index in [0.29, 0.717) is 5.41 Å². The Bertz CT molecular complexity index is 385. The topological polar surface area (TPSA) is 20.3 Å². The van der Waals surface area contributed by atoms with Gasteiger partial charge in [-0.05, 0) is 30.4 Å². The minimum atomic E-state index is 0.191. The first-order valence-corrected chi connectivity index (χ1v) is 7.05. The highest BCUT2D eigenvalue weighted by Crippen LogP contribution is 2.38. The number of rotatable bonds is 3. The van der Waals surface area contributed by atoms with E-state index in [2.05, 4.69) is 13.8 Å². The van der Waals surface area contributed by atoms with Crippen LogP contribution in [0.25, 0.3) is 0 Å². The van der Waals surface area contributed by atoms with Crippen LogP contribution in [0.1, 0.15) is 49.9 Å². The van der Waals surface area contributed by atoms with Crippen LogP contribution in [0, 0.1) is 5.41 Å². The summed E-state index contributed by atoms with van der Waals surface area (Å²) in [5.41, 5.74) is 1.30. The van der Waals surface area contributed by atoms with E-state index in [1.807, 2.05) is 35.2 Å². The fourth-order valence-electron chi connectivity index (χ4n) is 2.90. The van der Waals surface area contributed by atoms with Gasteiger partial charge in [0.15, 0.2) is 0 Å². The van der Waals surface area contributed by atoms with Gasteiger partial charge in [0.1, 0.15) is 0 Å². The molecule has 0 spiro atoms. The van der Waals surface area contributed by atoms with Crippen molar-refractivity contribution in [3.05, 3.63) is 35.9 Å². The van der Waals surface area contributed by atoms with Crippen LogP contribution in [-0.4, -0.2) is 23.9 Å². The summed E-state index contributed by atoms with van der Waals surface area (Å²) in [6.07, 6.45) is 4.77. The molecule has 18 heavy (non-hydrogen) atoms. The maximum absolute atomic E-state index is 12.3. The molecule has 2 heteroatoms. The Morgan fingerprint density at radius 1 is 1.11 bits per heavy atom. The van der Waals surface area contributed by atoms with Gasteiger partial charge in [-0.25, -0.2) is 0 Å². The number of hydrogen-bond acceptors (Lipinski definition) is 1. The standard InChI is InChI=1S/C16H23NO/c1-3-16(4-2)10-12-17(13-11-16)15(18)14-8-6-5-7-9-14/h5-9H,3-4,10-13H2,1-2H3. The molecule has 1 aliphatic heterocycles. The van der Waals surface area contributed by atoms with Crippen molar-refractivity contribution in [2.45, 2.75) is 39.5 Å². The molecule has 0 saturated carbocycles. The van der Waals surface area contributed by atoms with Crippen molar-refractivity contribution in [1.29, 1.82) is 0 Å². The predicted octanol–water partition coefficient (Wildman–Crippen LogP) is 3.73. The highest BCUT2D eigenvalue weighted by atomic mass is 16.2. The second kappa shape index (κ2) is 5.55. The normalized spacial score (nSPS) is 18.7. The van der Waals surface area contributed by atoms with Crippen LogP contribution in [0.2, 0.25) is 0 Å². The lowest BCUT2D eigenvalue weighted by atomic mass is 9.74. The molecule has 2 rings (SSSR count). The third-order valence-electron chi connectivity index (χ3n) is 4.63. The summed E-state index contributed by atoms with van der Waals surface area (Å²) in [5, 5.41) is 0. The molecular weight excluding hydrogens is 222 g/mol. The Kier molecular flexibility index (Phi) is 4.05. The Balaban J connectivity index is 2.00. The van der Waals surface area contributed by atoms with E-state index in [1.165, 1.54) is 12.8 Å². The van der Waals surface area contributed by atoms with Crippen molar-refractivity contribution in [3.8, 4) is 0 Å². The molecule has 0 aliphatic carbocycles. The Labute approximate surface area is 110 Å². The van der Waals surface area contributed by atoms with E-state index in [0.717, 1.165) is 31.5 Å². The zero-order chi connectivity index (χ0) is 13.0. The van der Waals surface area contributed by atoms with E-state index in [4.69, 9.17) is 0 Å². The van der Waals surface area contributed by atoms with Gasteiger partial charge in [-0.1, -0.05) is 44.9 Å². The van der Waals surface area contributed by atoms with Crippen LogP contribution in [0.3, 0.4) is 0 Å². The molecule has 1 saturated heterocycles.